The predicted octanol–water partition coefficient (Wildman–Crippen LogP) is 2.02. The first-order chi connectivity index (χ1) is 9.29. The molecule has 9 heteroatoms. The quantitative estimate of drug-likeness (QED) is 0.932. The minimum Gasteiger partial charge on any atom is -0.276 e. The van der Waals surface area contributed by atoms with Gasteiger partial charge in [0.15, 0.2) is 5.15 Å². The summed E-state index contributed by atoms with van der Waals surface area (Å²) in [4.78, 5) is 0.0664. The van der Waals surface area contributed by atoms with Gasteiger partial charge < -0.3 is 0 Å². The number of sulfonamides is 1. The second-order valence-corrected chi connectivity index (χ2v) is 6.59. The van der Waals surface area contributed by atoms with Gasteiger partial charge in [-0.25, -0.2) is 8.42 Å². The average molecular weight is 316 g/mol. The van der Waals surface area contributed by atoms with Crippen molar-refractivity contribution in [3.63, 3.8) is 0 Å². The lowest BCUT2D eigenvalue weighted by Crippen LogP contribution is -2.13. The Hall–Kier alpha value is -1.67. The number of rotatable bonds is 4. The van der Waals surface area contributed by atoms with E-state index < -0.39 is 10.0 Å². The van der Waals surface area contributed by atoms with Gasteiger partial charge in [-0.2, -0.15) is 10.2 Å². The Morgan fingerprint density at radius 3 is 2.65 bits per heavy atom. The monoisotopic (exact) mass is 315 g/mol. The normalized spacial score (nSPS) is 11.8. The van der Waals surface area contributed by atoms with Crippen LogP contribution < -0.4 is 4.72 Å². The minimum absolute atomic E-state index is 0.00423. The third-order valence-corrected chi connectivity index (χ3v) is 4.13. The van der Waals surface area contributed by atoms with E-state index in [9.17, 15) is 8.42 Å². The summed E-state index contributed by atoms with van der Waals surface area (Å²) in [6.07, 6.45) is 2.75. The van der Waals surface area contributed by atoms with Gasteiger partial charge in [0.05, 0.1) is 17.6 Å². The summed E-state index contributed by atoms with van der Waals surface area (Å²) in [7, 11) is -3.75. The van der Waals surface area contributed by atoms with Crippen molar-refractivity contribution in [3.8, 4) is 0 Å². The molecule has 2 aromatic rings. The van der Waals surface area contributed by atoms with Gasteiger partial charge in [0.25, 0.3) is 10.0 Å². The summed E-state index contributed by atoms with van der Waals surface area (Å²) in [6.45, 7) is 5.51. The van der Waals surface area contributed by atoms with Gasteiger partial charge in [0, 0.05) is 12.2 Å². The lowest BCUT2D eigenvalue weighted by atomic mass is 10.4. The van der Waals surface area contributed by atoms with Crippen LogP contribution in [-0.2, 0) is 10.0 Å². The molecule has 0 bridgehead atoms. The summed E-state index contributed by atoms with van der Waals surface area (Å²) in [5.41, 5.74) is 0.751. The molecule has 2 aromatic heterocycles. The van der Waals surface area contributed by atoms with Gasteiger partial charge >= 0.3 is 0 Å². The first kappa shape index (κ1) is 14.7. The van der Waals surface area contributed by atoms with E-state index in [-0.39, 0.29) is 21.8 Å². The lowest BCUT2D eigenvalue weighted by molar-refractivity contribution is 0.531. The molecule has 0 radical (unpaired) electrons. The minimum atomic E-state index is -3.75. The number of nitrogens with zero attached hydrogens (tertiary/aromatic N) is 4. The molecule has 0 spiro atoms. The number of nitrogens with one attached hydrogen (secondary N) is 1. The van der Waals surface area contributed by atoms with E-state index in [1.54, 1.807) is 11.6 Å². The molecule has 1 N–H and O–H groups in total. The Morgan fingerprint density at radius 1 is 1.35 bits per heavy atom. The molecule has 0 fully saturated rings. The van der Waals surface area contributed by atoms with Crippen LogP contribution in [0.1, 0.15) is 25.6 Å². The van der Waals surface area contributed by atoms with Crippen molar-refractivity contribution in [3.05, 3.63) is 29.3 Å². The molecular weight excluding hydrogens is 302 g/mol. The van der Waals surface area contributed by atoms with Crippen molar-refractivity contribution in [1.29, 1.82) is 0 Å². The Labute approximate surface area is 122 Å². The molecule has 0 aliphatic carbocycles. The predicted molar refractivity (Wildman–Crippen MR) is 75.2 cm³/mol. The molecule has 0 unspecified atom stereocenters. The number of halogens is 1. The molecule has 2 heterocycles. The van der Waals surface area contributed by atoms with E-state index in [2.05, 4.69) is 20.0 Å². The number of aromatic nitrogens is 4. The van der Waals surface area contributed by atoms with E-state index in [0.717, 1.165) is 0 Å². The largest absolute Gasteiger partial charge is 0.276 e. The zero-order valence-corrected chi connectivity index (χ0v) is 12.8. The van der Waals surface area contributed by atoms with Crippen molar-refractivity contribution in [2.24, 2.45) is 0 Å². The highest BCUT2D eigenvalue weighted by Crippen LogP contribution is 2.22. The van der Waals surface area contributed by atoms with Crippen LogP contribution in [0.4, 0.5) is 5.69 Å². The van der Waals surface area contributed by atoms with Crippen molar-refractivity contribution in [1.82, 2.24) is 20.0 Å². The Balaban J connectivity index is 2.33. The maximum atomic E-state index is 12.2. The summed E-state index contributed by atoms with van der Waals surface area (Å²) in [6, 6.07) is 1.59. The van der Waals surface area contributed by atoms with Gasteiger partial charge in [0.2, 0.25) is 0 Å². The van der Waals surface area contributed by atoms with Crippen molar-refractivity contribution in [2.45, 2.75) is 31.7 Å². The molecule has 0 amide bonds. The maximum Gasteiger partial charge on any atom is 0.265 e. The maximum absolute atomic E-state index is 12.2. The summed E-state index contributed by atoms with van der Waals surface area (Å²) in [5.74, 6) is 0. The molecule has 20 heavy (non-hydrogen) atoms. The standard InChI is InChI=1S/C11H14ClN5O2S/c1-7(2)17-6-9(5-13-17)20(18,19)16-10-4-8(3)14-15-11(10)12/h4-7H,1-3H3,(H,14,16). The van der Waals surface area contributed by atoms with Crippen molar-refractivity contribution in [2.75, 3.05) is 4.72 Å². The molecule has 0 aromatic carbocycles. The smallest absolute Gasteiger partial charge is 0.265 e. The fourth-order valence-corrected chi connectivity index (χ4v) is 2.68. The van der Waals surface area contributed by atoms with E-state index in [0.29, 0.717) is 5.69 Å². The number of hydrogen-bond donors (Lipinski definition) is 1. The first-order valence-corrected chi connectivity index (χ1v) is 7.72. The van der Waals surface area contributed by atoms with Crippen LogP contribution in [0, 0.1) is 6.92 Å². The molecule has 0 aliphatic heterocycles. The number of hydrogen-bond acceptors (Lipinski definition) is 5. The van der Waals surface area contributed by atoms with E-state index >= 15 is 0 Å². The molecule has 0 aliphatic rings. The van der Waals surface area contributed by atoms with Gasteiger partial charge in [-0.15, -0.1) is 5.10 Å². The van der Waals surface area contributed by atoms with Crippen molar-refractivity contribution < 1.29 is 8.42 Å². The van der Waals surface area contributed by atoms with Crippen LogP contribution in [0.5, 0.6) is 0 Å². The summed E-state index contributed by atoms with van der Waals surface area (Å²) in [5, 5.41) is 11.4. The molecule has 7 nitrogen and oxygen atoms in total. The fraction of sp³-hybridized carbons (Fsp3) is 0.364. The molecular formula is C11H14ClN5O2S. The summed E-state index contributed by atoms with van der Waals surface area (Å²) >= 11 is 5.82. The van der Waals surface area contributed by atoms with Crippen LogP contribution in [0.25, 0.3) is 0 Å². The Morgan fingerprint density at radius 2 is 2.05 bits per heavy atom. The topological polar surface area (TPSA) is 89.8 Å². The average Bonchev–Trinajstić information content (AvgIpc) is 2.84. The van der Waals surface area contributed by atoms with Crippen LogP contribution in [-0.4, -0.2) is 28.4 Å². The highest BCUT2D eigenvalue weighted by molar-refractivity contribution is 7.92. The first-order valence-electron chi connectivity index (χ1n) is 5.86. The van der Waals surface area contributed by atoms with Gasteiger partial charge in [-0.1, -0.05) is 11.6 Å². The molecule has 0 saturated heterocycles. The van der Waals surface area contributed by atoms with Crippen LogP contribution in [0.3, 0.4) is 0 Å². The highest BCUT2D eigenvalue weighted by atomic mass is 35.5. The van der Waals surface area contributed by atoms with Gasteiger partial charge in [-0.05, 0) is 26.8 Å². The van der Waals surface area contributed by atoms with E-state index in [1.165, 1.54) is 18.5 Å². The van der Waals surface area contributed by atoms with E-state index in [1.807, 2.05) is 13.8 Å². The Kier molecular flexibility index (Phi) is 3.96. The van der Waals surface area contributed by atoms with Crippen molar-refractivity contribution >= 4 is 27.3 Å². The number of anilines is 1. The molecule has 0 atom stereocenters. The van der Waals surface area contributed by atoms with Gasteiger partial charge in [0.1, 0.15) is 4.90 Å². The fourth-order valence-electron chi connectivity index (χ4n) is 1.49. The molecule has 0 saturated carbocycles. The molecule has 108 valence electrons. The second-order valence-electron chi connectivity index (χ2n) is 4.55. The summed E-state index contributed by atoms with van der Waals surface area (Å²) < 4.78 is 28.4. The third kappa shape index (κ3) is 3.07. The third-order valence-electron chi connectivity index (χ3n) is 2.53. The Bertz CT molecular complexity index is 726. The van der Waals surface area contributed by atoms with Gasteiger partial charge in [-0.3, -0.25) is 9.40 Å². The van der Waals surface area contributed by atoms with E-state index in [4.69, 9.17) is 11.6 Å². The highest BCUT2D eigenvalue weighted by Gasteiger charge is 2.19. The van der Waals surface area contributed by atoms with Crippen LogP contribution in [0.15, 0.2) is 23.4 Å². The van der Waals surface area contributed by atoms with Crippen LogP contribution in [0.2, 0.25) is 5.15 Å². The van der Waals surface area contributed by atoms with Crippen LogP contribution >= 0.6 is 11.6 Å². The zero-order valence-electron chi connectivity index (χ0n) is 11.2. The zero-order chi connectivity index (χ0) is 14.9. The SMILES string of the molecule is Cc1cc(NS(=O)(=O)c2cnn(C(C)C)c2)c(Cl)nn1. The number of aryl methyl sites for hydroxylation is 1. The molecule has 2 rings (SSSR count). The second kappa shape index (κ2) is 5.37. The lowest BCUT2D eigenvalue weighted by Gasteiger charge is -2.07.